The lowest BCUT2D eigenvalue weighted by atomic mass is 9.79. The predicted octanol–water partition coefficient (Wildman–Crippen LogP) is 2.73. The molecule has 0 spiro atoms. The van der Waals surface area contributed by atoms with E-state index in [0.29, 0.717) is 0 Å². The number of hydrogen-bond donors (Lipinski definition) is 0. The van der Waals surface area contributed by atoms with Gasteiger partial charge in [-0.1, -0.05) is 0 Å². The summed E-state index contributed by atoms with van der Waals surface area (Å²) in [5.74, 6) is 0.510. The number of carbonyl (C=O) groups excluding carboxylic acids is 1. The van der Waals surface area contributed by atoms with Gasteiger partial charge in [0.2, 0.25) is 0 Å². The van der Waals surface area contributed by atoms with Crippen molar-refractivity contribution in [3.8, 4) is 0 Å². The topological polar surface area (TPSA) is 55.7 Å². The van der Waals surface area contributed by atoms with E-state index in [-0.39, 0.29) is 12.5 Å². The number of amides is 1. The molecule has 2 rings (SSSR count). The van der Waals surface area contributed by atoms with Crippen molar-refractivity contribution in [1.29, 1.82) is 0 Å². The van der Waals surface area contributed by atoms with Gasteiger partial charge in [-0.25, -0.2) is 4.39 Å². The second-order valence-corrected chi connectivity index (χ2v) is 4.73. The quantitative estimate of drug-likeness (QED) is 0.695. The highest BCUT2D eigenvalue weighted by Gasteiger charge is 2.56. The lowest BCUT2D eigenvalue weighted by Crippen LogP contribution is -2.26. The highest BCUT2D eigenvalue weighted by molar-refractivity contribution is 5.86. The number of allylic oxidation sites excluding steroid dienone is 2. The average Bonchev–Trinajstić information content (AvgIpc) is 3.17. The van der Waals surface area contributed by atoms with Crippen molar-refractivity contribution in [2.24, 2.45) is 16.5 Å². The minimum absolute atomic E-state index is 0.0937. The van der Waals surface area contributed by atoms with Crippen molar-refractivity contribution in [2.45, 2.75) is 32.1 Å². The van der Waals surface area contributed by atoms with Crippen molar-refractivity contribution < 1.29 is 13.9 Å². The van der Waals surface area contributed by atoms with E-state index >= 15 is 0 Å². The lowest BCUT2D eigenvalue weighted by Gasteiger charge is -2.26. The molecule has 0 aliphatic heterocycles. The number of carbonyl (C=O) groups is 1. The molecule has 0 bridgehead atoms. The number of halogens is 1. The number of ether oxygens (including phenoxy) is 1. The first kappa shape index (κ1) is 12.2. The molecule has 17 heavy (non-hydrogen) atoms. The minimum Gasteiger partial charge on any atom is -0.496 e. The second-order valence-electron chi connectivity index (χ2n) is 4.73. The first-order chi connectivity index (χ1) is 8.23. The van der Waals surface area contributed by atoms with Gasteiger partial charge in [-0.3, -0.25) is 4.79 Å². The molecular weight excluding hydrogens is 225 g/mol. The van der Waals surface area contributed by atoms with Crippen LogP contribution in [0.1, 0.15) is 32.1 Å². The van der Waals surface area contributed by atoms with Crippen molar-refractivity contribution in [2.75, 3.05) is 13.3 Å². The molecule has 1 amide bonds. The van der Waals surface area contributed by atoms with Crippen LogP contribution in [0.2, 0.25) is 0 Å². The summed E-state index contributed by atoms with van der Waals surface area (Å²) in [4.78, 5) is 21.8. The SMILES string of the molecule is O=NC(=O)C1(C2CC=C(OCCF)CC2)CC1. The first-order valence-electron chi connectivity index (χ1n) is 5.98. The molecule has 2 aliphatic rings. The fourth-order valence-electron chi connectivity index (χ4n) is 2.64. The summed E-state index contributed by atoms with van der Waals surface area (Å²) in [5.41, 5.74) is -0.482. The van der Waals surface area contributed by atoms with Gasteiger partial charge in [0.1, 0.15) is 13.3 Å². The highest BCUT2D eigenvalue weighted by Crippen LogP contribution is 2.56. The minimum atomic E-state index is -0.496. The van der Waals surface area contributed by atoms with Crippen molar-refractivity contribution in [3.63, 3.8) is 0 Å². The fraction of sp³-hybridized carbons (Fsp3) is 0.750. The van der Waals surface area contributed by atoms with Crippen LogP contribution in [0.4, 0.5) is 4.39 Å². The molecular formula is C12H16FNO3. The van der Waals surface area contributed by atoms with Gasteiger partial charge in [0.15, 0.2) is 0 Å². The van der Waals surface area contributed by atoms with Crippen LogP contribution in [0, 0.1) is 16.2 Å². The number of rotatable bonds is 5. The largest absolute Gasteiger partial charge is 0.496 e. The van der Waals surface area contributed by atoms with Crippen LogP contribution in [-0.2, 0) is 9.53 Å². The zero-order valence-electron chi connectivity index (χ0n) is 9.65. The van der Waals surface area contributed by atoms with Gasteiger partial charge >= 0.3 is 0 Å². The fourth-order valence-corrected chi connectivity index (χ4v) is 2.64. The standard InChI is InChI=1S/C12H16FNO3/c13-7-8-17-10-3-1-9(2-4-10)12(5-6-12)11(15)14-16/h3,9H,1-2,4-8H2. The van der Waals surface area contributed by atoms with Crippen molar-refractivity contribution >= 4 is 5.91 Å². The molecule has 94 valence electrons. The Balaban J connectivity index is 1.92. The number of nitrogens with zero attached hydrogens (tertiary/aromatic N) is 1. The molecule has 1 atom stereocenters. The Morgan fingerprint density at radius 3 is 2.82 bits per heavy atom. The zero-order chi connectivity index (χ0) is 12.3. The first-order valence-corrected chi connectivity index (χ1v) is 5.98. The van der Waals surface area contributed by atoms with Gasteiger partial charge in [0, 0.05) is 11.6 Å². The monoisotopic (exact) mass is 241 g/mol. The molecule has 0 saturated heterocycles. The molecule has 0 radical (unpaired) electrons. The summed E-state index contributed by atoms with van der Waals surface area (Å²) in [6.45, 7) is -0.394. The summed E-state index contributed by atoms with van der Waals surface area (Å²) in [6, 6.07) is 0. The van der Waals surface area contributed by atoms with E-state index in [1.165, 1.54) is 0 Å². The third-order valence-corrected chi connectivity index (χ3v) is 3.81. The van der Waals surface area contributed by atoms with Crippen LogP contribution in [0.5, 0.6) is 0 Å². The molecule has 5 heteroatoms. The van der Waals surface area contributed by atoms with Crippen LogP contribution in [0.25, 0.3) is 0 Å². The molecule has 0 N–H and O–H groups in total. The van der Waals surface area contributed by atoms with Gasteiger partial charge in [-0.05, 0) is 37.7 Å². The summed E-state index contributed by atoms with van der Waals surface area (Å²) < 4.78 is 17.1. The molecule has 0 aromatic heterocycles. The third kappa shape index (κ3) is 2.37. The maximum absolute atomic E-state index is 11.9. The molecule has 1 saturated carbocycles. The summed E-state index contributed by atoms with van der Waals surface area (Å²) >= 11 is 0. The van der Waals surface area contributed by atoms with Gasteiger partial charge in [-0.15, -0.1) is 4.91 Å². The number of alkyl halides is 1. The van der Waals surface area contributed by atoms with E-state index in [1.54, 1.807) is 0 Å². The third-order valence-electron chi connectivity index (χ3n) is 3.81. The maximum Gasteiger partial charge on any atom is 0.292 e. The van der Waals surface area contributed by atoms with Crippen LogP contribution in [0.3, 0.4) is 0 Å². The molecule has 4 nitrogen and oxygen atoms in total. The Kier molecular flexibility index (Phi) is 3.54. The maximum atomic E-state index is 11.9. The summed E-state index contributed by atoms with van der Waals surface area (Å²) in [7, 11) is 0. The van der Waals surface area contributed by atoms with Gasteiger partial charge in [0.05, 0.1) is 11.2 Å². The van der Waals surface area contributed by atoms with E-state index in [0.717, 1.165) is 37.9 Å². The molecule has 0 heterocycles. The van der Waals surface area contributed by atoms with Crippen molar-refractivity contribution in [3.05, 3.63) is 16.7 Å². The Morgan fingerprint density at radius 1 is 1.59 bits per heavy atom. The van der Waals surface area contributed by atoms with E-state index in [2.05, 4.69) is 5.18 Å². The summed E-state index contributed by atoms with van der Waals surface area (Å²) in [5, 5.41) is 2.58. The molecule has 2 aliphatic carbocycles. The number of hydrogen-bond acceptors (Lipinski definition) is 3. The summed E-state index contributed by atoms with van der Waals surface area (Å²) in [6.07, 6.45) is 5.73. The van der Waals surface area contributed by atoms with E-state index < -0.39 is 18.0 Å². The average molecular weight is 241 g/mol. The lowest BCUT2D eigenvalue weighted by molar-refractivity contribution is -0.125. The van der Waals surface area contributed by atoms with Gasteiger partial charge < -0.3 is 4.74 Å². The predicted molar refractivity (Wildman–Crippen MR) is 59.8 cm³/mol. The Hall–Kier alpha value is -1.26. The Labute approximate surface area is 99.2 Å². The highest BCUT2D eigenvalue weighted by atomic mass is 19.1. The smallest absolute Gasteiger partial charge is 0.292 e. The Bertz CT molecular complexity index is 350. The number of nitroso groups, excluding NO2 is 1. The zero-order valence-corrected chi connectivity index (χ0v) is 9.65. The van der Waals surface area contributed by atoms with Crippen LogP contribution in [-0.4, -0.2) is 19.2 Å². The van der Waals surface area contributed by atoms with Crippen LogP contribution in [0.15, 0.2) is 17.0 Å². The van der Waals surface area contributed by atoms with Gasteiger partial charge in [-0.2, -0.15) is 0 Å². The van der Waals surface area contributed by atoms with E-state index in [9.17, 15) is 14.1 Å². The molecule has 0 aromatic rings. The van der Waals surface area contributed by atoms with Crippen LogP contribution >= 0.6 is 0 Å². The molecule has 0 aromatic carbocycles. The van der Waals surface area contributed by atoms with Crippen LogP contribution < -0.4 is 0 Å². The van der Waals surface area contributed by atoms with Gasteiger partial charge in [0.25, 0.3) is 5.91 Å². The Morgan fingerprint density at radius 2 is 2.35 bits per heavy atom. The molecule has 1 unspecified atom stereocenters. The van der Waals surface area contributed by atoms with E-state index in [4.69, 9.17) is 4.74 Å². The second kappa shape index (κ2) is 4.94. The molecule has 1 fully saturated rings. The van der Waals surface area contributed by atoms with Crippen molar-refractivity contribution in [1.82, 2.24) is 0 Å². The normalized spacial score (nSPS) is 25.9. The van der Waals surface area contributed by atoms with E-state index in [1.807, 2.05) is 6.08 Å².